The Bertz CT molecular complexity index is 560. The molecule has 1 heterocycles. The molecule has 0 spiro atoms. The van der Waals surface area contributed by atoms with Crippen molar-refractivity contribution in [2.75, 3.05) is 0 Å². The first-order chi connectivity index (χ1) is 8.25. The molecule has 2 aromatic rings. The molecule has 0 saturated heterocycles. The van der Waals surface area contributed by atoms with Crippen LogP contribution >= 0.6 is 0 Å². The summed E-state index contributed by atoms with van der Waals surface area (Å²) in [6.07, 6.45) is 3.41. The maximum atomic E-state index is 11.1. The van der Waals surface area contributed by atoms with Crippen molar-refractivity contribution in [3.05, 3.63) is 47.8 Å². The first kappa shape index (κ1) is 10.1. The van der Waals surface area contributed by atoms with E-state index in [0.29, 0.717) is 6.42 Å². The lowest BCUT2D eigenvalue weighted by Gasteiger charge is -2.03. The van der Waals surface area contributed by atoms with Crippen molar-refractivity contribution in [3.63, 3.8) is 0 Å². The number of fused-ring (bicyclic) bond motifs is 1. The van der Waals surface area contributed by atoms with Gasteiger partial charge in [0.1, 0.15) is 5.92 Å². The zero-order chi connectivity index (χ0) is 11.8. The van der Waals surface area contributed by atoms with E-state index in [0.717, 1.165) is 23.4 Å². The van der Waals surface area contributed by atoms with E-state index < -0.39 is 11.9 Å². The molecule has 0 saturated carbocycles. The van der Waals surface area contributed by atoms with E-state index in [2.05, 4.69) is 5.10 Å². The summed E-state index contributed by atoms with van der Waals surface area (Å²) in [5, 5.41) is 13.5. The highest BCUT2D eigenvalue weighted by atomic mass is 16.4. The van der Waals surface area contributed by atoms with E-state index in [-0.39, 0.29) is 0 Å². The van der Waals surface area contributed by atoms with Gasteiger partial charge in [-0.3, -0.25) is 4.79 Å². The Morgan fingerprint density at radius 3 is 2.82 bits per heavy atom. The number of carbonyl (C=O) groups is 1. The third-order valence-electron chi connectivity index (χ3n) is 3.17. The second kappa shape index (κ2) is 3.73. The van der Waals surface area contributed by atoms with Crippen molar-refractivity contribution in [2.24, 2.45) is 0 Å². The SMILES string of the molecule is O=C(O)C1CCc2cn(-c3ccccc3)nc21. The van der Waals surface area contributed by atoms with Gasteiger partial charge in [0, 0.05) is 6.20 Å². The van der Waals surface area contributed by atoms with E-state index >= 15 is 0 Å². The van der Waals surface area contributed by atoms with Gasteiger partial charge in [0.05, 0.1) is 11.4 Å². The second-order valence-corrected chi connectivity index (χ2v) is 4.25. The fourth-order valence-corrected chi connectivity index (χ4v) is 2.30. The highest BCUT2D eigenvalue weighted by Gasteiger charge is 2.31. The lowest BCUT2D eigenvalue weighted by Crippen LogP contribution is -2.09. The minimum atomic E-state index is -0.776. The molecular formula is C13H12N2O2. The lowest BCUT2D eigenvalue weighted by molar-refractivity contribution is -0.138. The van der Waals surface area contributed by atoms with Gasteiger partial charge in [-0.25, -0.2) is 4.68 Å². The molecule has 86 valence electrons. The van der Waals surface area contributed by atoms with Crippen LogP contribution in [0.25, 0.3) is 5.69 Å². The summed E-state index contributed by atoms with van der Waals surface area (Å²) in [5.41, 5.74) is 2.74. The highest BCUT2D eigenvalue weighted by Crippen LogP contribution is 2.32. The van der Waals surface area contributed by atoms with E-state index in [1.54, 1.807) is 4.68 Å². The maximum absolute atomic E-state index is 11.1. The fraction of sp³-hybridized carbons (Fsp3) is 0.231. The molecular weight excluding hydrogens is 216 g/mol. The summed E-state index contributed by atoms with van der Waals surface area (Å²) in [6.45, 7) is 0. The predicted molar refractivity (Wildman–Crippen MR) is 62.3 cm³/mol. The number of carboxylic acid groups (broad SMARTS) is 1. The molecule has 3 rings (SSSR count). The van der Waals surface area contributed by atoms with Crippen LogP contribution in [0, 0.1) is 0 Å². The van der Waals surface area contributed by atoms with Crippen LogP contribution in [-0.2, 0) is 11.2 Å². The maximum Gasteiger partial charge on any atom is 0.312 e. The van der Waals surface area contributed by atoms with Crippen LogP contribution in [0.3, 0.4) is 0 Å². The van der Waals surface area contributed by atoms with Gasteiger partial charge in [-0.2, -0.15) is 5.10 Å². The Morgan fingerprint density at radius 2 is 2.12 bits per heavy atom. The number of aryl methyl sites for hydroxylation is 1. The number of hydrogen-bond acceptors (Lipinski definition) is 2. The van der Waals surface area contributed by atoms with Crippen molar-refractivity contribution in [1.29, 1.82) is 0 Å². The second-order valence-electron chi connectivity index (χ2n) is 4.25. The average molecular weight is 228 g/mol. The van der Waals surface area contributed by atoms with Crippen LogP contribution in [0.4, 0.5) is 0 Å². The molecule has 1 aromatic heterocycles. The summed E-state index contributed by atoms with van der Waals surface area (Å²) < 4.78 is 1.76. The van der Waals surface area contributed by atoms with Gasteiger partial charge in [-0.05, 0) is 30.5 Å². The molecule has 1 aliphatic carbocycles. The number of carboxylic acids is 1. The Hall–Kier alpha value is -2.10. The Kier molecular flexibility index (Phi) is 2.21. The number of hydrogen-bond donors (Lipinski definition) is 1. The van der Waals surface area contributed by atoms with E-state index in [1.165, 1.54) is 0 Å². The third-order valence-corrected chi connectivity index (χ3v) is 3.17. The molecule has 0 radical (unpaired) electrons. The minimum Gasteiger partial charge on any atom is -0.481 e. The zero-order valence-corrected chi connectivity index (χ0v) is 9.21. The third kappa shape index (κ3) is 1.62. The number of rotatable bonds is 2. The van der Waals surface area contributed by atoms with E-state index in [1.807, 2.05) is 36.5 Å². The largest absolute Gasteiger partial charge is 0.481 e. The number of nitrogens with zero attached hydrogens (tertiary/aromatic N) is 2. The molecule has 4 nitrogen and oxygen atoms in total. The van der Waals surface area contributed by atoms with Crippen molar-refractivity contribution >= 4 is 5.97 Å². The smallest absolute Gasteiger partial charge is 0.312 e. The standard InChI is InChI=1S/C13H12N2O2/c16-13(17)11-7-6-9-8-15(14-12(9)11)10-4-2-1-3-5-10/h1-5,8,11H,6-7H2,(H,16,17). The molecule has 0 bridgehead atoms. The Labute approximate surface area is 98.5 Å². The van der Waals surface area contributed by atoms with Gasteiger partial charge >= 0.3 is 5.97 Å². The molecule has 0 fully saturated rings. The van der Waals surface area contributed by atoms with Gasteiger partial charge in [0.15, 0.2) is 0 Å². The molecule has 1 unspecified atom stereocenters. The summed E-state index contributed by atoms with van der Waals surface area (Å²) in [7, 11) is 0. The number of aromatic nitrogens is 2. The van der Waals surface area contributed by atoms with Gasteiger partial charge in [-0.1, -0.05) is 18.2 Å². The average Bonchev–Trinajstić information content (AvgIpc) is 2.88. The van der Waals surface area contributed by atoms with Crippen molar-refractivity contribution in [2.45, 2.75) is 18.8 Å². The van der Waals surface area contributed by atoms with Crippen LogP contribution in [0.15, 0.2) is 36.5 Å². The monoisotopic (exact) mass is 228 g/mol. The van der Waals surface area contributed by atoms with E-state index in [4.69, 9.17) is 5.11 Å². The van der Waals surface area contributed by atoms with Gasteiger partial charge in [0.25, 0.3) is 0 Å². The minimum absolute atomic E-state index is 0.435. The fourth-order valence-electron chi connectivity index (χ4n) is 2.30. The first-order valence-corrected chi connectivity index (χ1v) is 5.62. The number of para-hydroxylation sites is 1. The Balaban J connectivity index is 2.02. The van der Waals surface area contributed by atoms with Gasteiger partial charge in [0.2, 0.25) is 0 Å². The van der Waals surface area contributed by atoms with Crippen LogP contribution in [-0.4, -0.2) is 20.9 Å². The van der Waals surface area contributed by atoms with Crippen LogP contribution in [0.2, 0.25) is 0 Å². The van der Waals surface area contributed by atoms with Crippen LogP contribution < -0.4 is 0 Å². The summed E-state index contributed by atoms with van der Waals surface area (Å²) in [6, 6.07) is 9.74. The summed E-state index contributed by atoms with van der Waals surface area (Å²) in [5.74, 6) is -1.21. The Morgan fingerprint density at radius 1 is 1.35 bits per heavy atom. The normalized spacial score (nSPS) is 18.0. The van der Waals surface area contributed by atoms with Crippen molar-refractivity contribution in [1.82, 2.24) is 9.78 Å². The molecule has 1 aromatic carbocycles. The summed E-state index contributed by atoms with van der Waals surface area (Å²) in [4.78, 5) is 11.1. The van der Waals surface area contributed by atoms with Crippen LogP contribution in [0.5, 0.6) is 0 Å². The summed E-state index contributed by atoms with van der Waals surface area (Å²) >= 11 is 0. The van der Waals surface area contributed by atoms with E-state index in [9.17, 15) is 4.79 Å². The number of aliphatic carboxylic acids is 1. The molecule has 17 heavy (non-hydrogen) atoms. The predicted octanol–water partition coefficient (Wildman–Crippen LogP) is 1.99. The van der Waals surface area contributed by atoms with Crippen molar-refractivity contribution < 1.29 is 9.90 Å². The van der Waals surface area contributed by atoms with Gasteiger partial charge in [-0.15, -0.1) is 0 Å². The van der Waals surface area contributed by atoms with Crippen LogP contribution in [0.1, 0.15) is 23.6 Å². The highest BCUT2D eigenvalue weighted by molar-refractivity contribution is 5.77. The molecule has 1 atom stereocenters. The molecule has 1 aliphatic rings. The quantitative estimate of drug-likeness (QED) is 0.855. The van der Waals surface area contributed by atoms with Crippen molar-refractivity contribution in [3.8, 4) is 5.69 Å². The zero-order valence-electron chi connectivity index (χ0n) is 9.21. The topological polar surface area (TPSA) is 55.1 Å². The number of benzene rings is 1. The molecule has 4 heteroatoms. The molecule has 0 aliphatic heterocycles. The lowest BCUT2D eigenvalue weighted by atomic mass is 10.1. The molecule has 1 N–H and O–H groups in total. The molecule has 0 amide bonds. The van der Waals surface area contributed by atoms with Gasteiger partial charge < -0.3 is 5.11 Å². The first-order valence-electron chi connectivity index (χ1n) is 5.62.